The molecule has 5 heteroatoms. The molecular formula is C15H22NO3Zn-. The Morgan fingerprint density at radius 1 is 1.50 bits per heavy atom. The van der Waals surface area contributed by atoms with Crippen LogP contribution < -0.4 is 10.5 Å². The summed E-state index contributed by atoms with van der Waals surface area (Å²) in [5, 5.41) is 0. The van der Waals surface area contributed by atoms with Gasteiger partial charge in [-0.1, -0.05) is 6.92 Å². The fraction of sp³-hybridized carbons (Fsp3) is 0.600. The maximum Gasteiger partial charge on any atom is 0.158 e. The molecule has 0 aliphatic carbocycles. The van der Waals surface area contributed by atoms with Crippen molar-refractivity contribution in [1.29, 1.82) is 0 Å². The van der Waals surface area contributed by atoms with Gasteiger partial charge in [0, 0.05) is 31.8 Å². The van der Waals surface area contributed by atoms with Gasteiger partial charge in [-0.25, -0.2) is 0 Å². The molecule has 1 aromatic rings. The van der Waals surface area contributed by atoms with Crippen LogP contribution in [0.5, 0.6) is 5.75 Å². The number of anilines is 1. The van der Waals surface area contributed by atoms with E-state index in [9.17, 15) is 0 Å². The summed E-state index contributed by atoms with van der Waals surface area (Å²) in [4.78, 5) is 0. The number of hydrogen-bond donors (Lipinski definition) is 1. The molecule has 1 unspecified atom stereocenters. The number of ether oxygens (including phenoxy) is 3. The van der Waals surface area contributed by atoms with Crippen molar-refractivity contribution < 1.29 is 33.7 Å². The van der Waals surface area contributed by atoms with Gasteiger partial charge in [-0.15, -0.1) is 11.6 Å². The zero-order chi connectivity index (χ0) is 13.7. The molecule has 0 radical (unpaired) electrons. The van der Waals surface area contributed by atoms with Gasteiger partial charge < -0.3 is 19.9 Å². The molecule has 1 fully saturated rings. The average Bonchev–Trinajstić information content (AvgIpc) is 2.42. The Hall–Kier alpha value is -0.637. The standard InChI is InChI=1S/C15H22NO3.Zn/c1-11-6-5-7-13(15(11)16)18-10-12(2)19-14-8-3-4-9-17-14;/h5,7,12,14H,3-4,8-10,16H2,1-2H3;/q-1;/t12-,14?;/m0./s1. The fourth-order valence-electron chi connectivity index (χ4n) is 2.04. The van der Waals surface area contributed by atoms with Crippen molar-refractivity contribution in [3.63, 3.8) is 0 Å². The Morgan fingerprint density at radius 2 is 2.30 bits per heavy atom. The maximum absolute atomic E-state index is 5.93. The average molecular weight is 330 g/mol. The van der Waals surface area contributed by atoms with E-state index in [4.69, 9.17) is 19.9 Å². The first-order valence-corrected chi connectivity index (χ1v) is 6.83. The van der Waals surface area contributed by atoms with Crippen molar-refractivity contribution in [1.82, 2.24) is 0 Å². The number of benzene rings is 1. The molecule has 2 rings (SSSR count). The predicted octanol–water partition coefficient (Wildman–Crippen LogP) is 2.69. The number of nitrogens with two attached hydrogens (primary N) is 1. The summed E-state index contributed by atoms with van der Waals surface area (Å²) in [7, 11) is 0. The van der Waals surface area contributed by atoms with Gasteiger partial charge in [0.15, 0.2) is 6.29 Å². The topological polar surface area (TPSA) is 53.7 Å². The smallest absolute Gasteiger partial charge is 0.158 e. The summed E-state index contributed by atoms with van der Waals surface area (Å²) >= 11 is 0. The summed E-state index contributed by atoms with van der Waals surface area (Å²) in [5.74, 6) is 0.691. The van der Waals surface area contributed by atoms with Crippen LogP contribution in [-0.2, 0) is 29.0 Å². The monoisotopic (exact) mass is 328 g/mol. The number of aryl methyl sites for hydroxylation is 1. The van der Waals surface area contributed by atoms with Crippen molar-refractivity contribution in [3.05, 3.63) is 23.8 Å². The quantitative estimate of drug-likeness (QED) is 0.512. The summed E-state index contributed by atoms with van der Waals surface area (Å²) < 4.78 is 17.0. The van der Waals surface area contributed by atoms with Crippen LogP contribution in [0.1, 0.15) is 31.7 Å². The summed E-state index contributed by atoms with van der Waals surface area (Å²) in [6, 6.07) is 6.68. The minimum absolute atomic E-state index is 0. The van der Waals surface area contributed by atoms with Crippen molar-refractivity contribution in [2.24, 2.45) is 0 Å². The Balaban J connectivity index is 0.00000200. The second kappa shape index (κ2) is 8.61. The first kappa shape index (κ1) is 17.4. The van der Waals surface area contributed by atoms with Crippen LogP contribution in [0.4, 0.5) is 5.69 Å². The molecule has 1 aliphatic heterocycles. The third-order valence-corrected chi connectivity index (χ3v) is 3.20. The number of nitrogen functional groups attached to an aromatic ring is 1. The maximum atomic E-state index is 5.93. The van der Waals surface area contributed by atoms with Crippen LogP contribution in [-0.4, -0.2) is 25.6 Å². The van der Waals surface area contributed by atoms with Crippen LogP contribution in [0.2, 0.25) is 0 Å². The first-order chi connectivity index (χ1) is 9.16. The molecule has 2 atom stereocenters. The minimum Gasteiger partial charge on any atom is -0.514 e. The summed E-state index contributed by atoms with van der Waals surface area (Å²) in [6.45, 7) is 5.15. The van der Waals surface area contributed by atoms with Gasteiger partial charge in [-0.05, 0) is 31.9 Å². The zero-order valence-corrected chi connectivity index (χ0v) is 15.3. The van der Waals surface area contributed by atoms with E-state index in [2.05, 4.69) is 6.07 Å². The molecule has 1 heterocycles. The van der Waals surface area contributed by atoms with Crippen LogP contribution in [0.3, 0.4) is 0 Å². The third kappa shape index (κ3) is 5.04. The van der Waals surface area contributed by atoms with E-state index in [1.54, 1.807) is 0 Å². The largest absolute Gasteiger partial charge is 0.514 e. The van der Waals surface area contributed by atoms with Crippen LogP contribution in [0.25, 0.3) is 0 Å². The number of rotatable bonds is 5. The van der Waals surface area contributed by atoms with Gasteiger partial charge in [-0.2, -0.15) is 12.1 Å². The molecule has 2 N–H and O–H groups in total. The van der Waals surface area contributed by atoms with Crippen LogP contribution in [0.15, 0.2) is 12.1 Å². The fourth-order valence-corrected chi connectivity index (χ4v) is 2.04. The normalized spacial score (nSPS) is 20.0. The van der Waals surface area contributed by atoms with E-state index < -0.39 is 0 Å². The molecule has 0 amide bonds. The Kier molecular flexibility index (Phi) is 7.49. The first-order valence-electron chi connectivity index (χ1n) is 6.83. The van der Waals surface area contributed by atoms with Crippen LogP contribution in [0, 0.1) is 13.0 Å². The van der Waals surface area contributed by atoms with Gasteiger partial charge >= 0.3 is 0 Å². The van der Waals surface area contributed by atoms with Crippen molar-refractivity contribution in [3.8, 4) is 5.75 Å². The second-order valence-corrected chi connectivity index (χ2v) is 4.93. The van der Waals surface area contributed by atoms with Gasteiger partial charge in [0.25, 0.3) is 0 Å². The van der Waals surface area contributed by atoms with E-state index in [1.165, 1.54) is 6.42 Å². The molecule has 20 heavy (non-hydrogen) atoms. The SMILES string of the molecule is Cc1[c-]ccc(OC[C@H](C)OC2CCCCO2)c1N.[Zn]. The van der Waals surface area contributed by atoms with Crippen molar-refractivity contribution in [2.75, 3.05) is 18.9 Å². The summed E-state index contributed by atoms with van der Waals surface area (Å²) in [5.41, 5.74) is 7.48. The van der Waals surface area contributed by atoms with E-state index in [-0.39, 0.29) is 31.9 Å². The molecule has 4 nitrogen and oxygen atoms in total. The molecule has 0 aromatic heterocycles. The molecule has 1 saturated heterocycles. The Morgan fingerprint density at radius 3 is 3.00 bits per heavy atom. The van der Waals surface area contributed by atoms with Crippen molar-refractivity contribution in [2.45, 2.75) is 45.5 Å². The van der Waals surface area contributed by atoms with Crippen molar-refractivity contribution >= 4 is 5.69 Å². The molecule has 1 aromatic carbocycles. The second-order valence-electron chi connectivity index (χ2n) is 4.93. The zero-order valence-electron chi connectivity index (χ0n) is 12.4. The van der Waals surface area contributed by atoms with Gasteiger partial charge in [0.2, 0.25) is 0 Å². The minimum atomic E-state index is -0.0875. The van der Waals surface area contributed by atoms with Gasteiger partial charge in [0.1, 0.15) is 6.61 Å². The number of hydrogen-bond acceptors (Lipinski definition) is 4. The van der Waals surface area contributed by atoms with Gasteiger partial charge in [-0.3, -0.25) is 0 Å². The predicted molar refractivity (Wildman–Crippen MR) is 74.1 cm³/mol. The third-order valence-electron chi connectivity index (χ3n) is 3.20. The van der Waals surface area contributed by atoms with Gasteiger partial charge in [0.05, 0.1) is 6.10 Å². The summed E-state index contributed by atoms with van der Waals surface area (Å²) in [6.07, 6.45) is 3.15. The Bertz CT molecular complexity index is 408. The van der Waals surface area contributed by atoms with Crippen LogP contribution >= 0.6 is 0 Å². The van der Waals surface area contributed by atoms with E-state index in [0.29, 0.717) is 18.0 Å². The van der Waals surface area contributed by atoms with E-state index >= 15 is 0 Å². The molecule has 0 bridgehead atoms. The molecule has 1 aliphatic rings. The molecular weight excluding hydrogens is 308 g/mol. The molecule has 0 saturated carbocycles. The molecule has 0 spiro atoms. The Labute approximate surface area is 133 Å². The molecule has 108 valence electrons. The van der Waals surface area contributed by atoms with E-state index in [0.717, 1.165) is 25.0 Å². The van der Waals surface area contributed by atoms with E-state index in [1.807, 2.05) is 26.0 Å².